The van der Waals surface area contributed by atoms with Gasteiger partial charge in [0.15, 0.2) is 12.4 Å². The Kier molecular flexibility index (Phi) is 5.58. The van der Waals surface area contributed by atoms with E-state index in [4.69, 9.17) is 4.74 Å². The molecule has 1 saturated heterocycles. The molecule has 8 heteroatoms. The molecule has 2 atom stereocenters. The zero-order valence-electron chi connectivity index (χ0n) is 14.8. The molecule has 1 saturated carbocycles. The fourth-order valence-electron chi connectivity index (χ4n) is 4.04. The maximum atomic E-state index is 12.6. The number of hydrogen-bond acceptors (Lipinski definition) is 4. The lowest BCUT2D eigenvalue weighted by atomic mass is 9.75. The molecule has 144 valence electrons. The summed E-state index contributed by atoms with van der Waals surface area (Å²) in [6.07, 6.45) is 1.38. The van der Waals surface area contributed by atoms with E-state index in [9.17, 15) is 18.4 Å². The Morgan fingerprint density at radius 2 is 2.00 bits per heavy atom. The van der Waals surface area contributed by atoms with E-state index in [1.54, 1.807) is 19.1 Å². The predicted octanol–water partition coefficient (Wildman–Crippen LogP) is 3.98. The summed E-state index contributed by atoms with van der Waals surface area (Å²) in [5.74, 6) is 1.31. The van der Waals surface area contributed by atoms with Gasteiger partial charge in [0.1, 0.15) is 0 Å². The van der Waals surface area contributed by atoms with Crippen LogP contribution in [0, 0.1) is 18.8 Å². The zero-order valence-corrected chi connectivity index (χ0v) is 14.8. The van der Waals surface area contributed by atoms with Crippen molar-refractivity contribution in [1.82, 2.24) is 9.88 Å². The number of piperidine rings is 1. The average molecular weight is 371 g/mol. The first-order chi connectivity index (χ1) is 12.4. The molecular formula is C18H24F3N3O2. The van der Waals surface area contributed by atoms with Gasteiger partial charge in [0.05, 0.1) is 5.56 Å². The van der Waals surface area contributed by atoms with Gasteiger partial charge in [-0.3, -0.25) is 0 Å². The fraction of sp³-hybridized carbons (Fsp3) is 0.667. The minimum Gasteiger partial charge on any atom is -0.467 e. The lowest BCUT2D eigenvalue weighted by Gasteiger charge is -2.42. The van der Waals surface area contributed by atoms with Crippen molar-refractivity contribution >= 4 is 5.84 Å². The van der Waals surface area contributed by atoms with Crippen molar-refractivity contribution in [2.75, 3.05) is 19.7 Å². The van der Waals surface area contributed by atoms with E-state index in [-0.39, 0.29) is 17.3 Å². The Bertz CT molecular complexity index is 664. The summed E-state index contributed by atoms with van der Waals surface area (Å²) in [4.78, 5) is 6.02. The van der Waals surface area contributed by atoms with Crippen molar-refractivity contribution in [3.05, 3.63) is 23.4 Å². The van der Waals surface area contributed by atoms with Crippen LogP contribution in [0.2, 0.25) is 0 Å². The number of amidine groups is 1. The molecule has 0 bridgehead atoms. The Balaban J connectivity index is 1.81. The second-order valence-corrected chi connectivity index (χ2v) is 7.17. The summed E-state index contributed by atoms with van der Waals surface area (Å²) in [5.41, 5.74) is 0.825. The maximum Gasteiger partial charge on any atom is 0.422 e. The Labute approximate surface area is 150 Å². The van der Waals surface area contributed by atoms with Crippen LogP contribution in [-0.2, 0) is 0 Å². The quantitative estimate of drug-likeness (QED) is 0.378. The average Bonchev–Trinajstić information content (AvgIpc) is 2.61. The van der Waals surface area contributed by atoms with Gasteiger partial charge < -0.3 is 14.8 Å². The van der Waals surface area contributed by atoms with Gasteiger partial charge in [0.2, 0.25) is 5.88 Å². The number of hydrogen-bond donors (Lipinski definition) is 1. The summed E-state index contributed by atoms with van der Waals surface area (Å²) in [6.45, 7) is 1.71. The van der Waals surface area contributed by atoms with Gasteiger partial charge in [0, 0.05) is 18.8 Å². The van der Waals surface area contributed by atoms with E-state index in [0.29, 0.717) is 24.1 Å². The Hall–Kier alpha value is -1.99. The number of halogens is 3. The van der Waals surface area contributed by atoms with Crippen LogP contribution in [0.15, 0.2) is 17.3 Å². The third kappa shape index (κ3) is 4.40. The maximum absolute atomic E-state index is 12.6. The second-order valence-electron chi connectivity index (χ2n) is 7.17. The van der Waals surface area contributed by atoms with E-state index in [2.05, 4.69) is 10.1 Å². The fourth-order valence-corrected chi connectivity index (χ4v) is 4.04. The second kappa shape index (κ2) is 7.72. The molecule has 0 amide bonds. The first-order valence-electron chi connectivity index (χ1n) is 9.02. The number of aryl methyl sites for hydroxylation is 1. The van der Waals surface area contributed by atoms with Crippen molar-refractivity contribution in [3.63, 3.8) is 0 Å². The molecule has 2 heterocycles. The van der Waals surface area contributed by atoms with Crippen LogP contribution in [0.1, 0.15) is 43.4 Å². The summed E-state index contributed by atoms with van der Waals surface area (Å²) in [7, 11) is 0. The number of aromatic nitrogens is 1. The monoisotopic (exact) mass is 371 g/mol. The van der Waals surface area contributed by atoms with Crippen molar-refractivity contribution in [1.29, 1.82) is 0 Å². The Morgan fingerprint density at radius 3 is 2.69 bits per heavy atom. The summed E-state index contributed by atoms with van der Waals surface area (Å²) in [5, 5.41) is 13.0. The first-order valence-corrected chi connectivity index (χ1v) is 9.02. The number of alkyl halides is 3. The molecule has 0 aromatic carbocycles. The van der Waals surface area contributed by atoms with Crippen LogP contribution in [0.25, 0.3) is 0 Å². The van der Waals surface area contributed by atoms with Crippen LogP contribution in [-0.4, -0.2) is 46.8 Å². The van der Waals surface area contributed by atoms with Crippen LogP contribution in [0.3, 0.4) is 0 Å². The molecule has 1 aromatic rings. The SMILES string of the molecule is Cc1ccc(/C(=N/O)N2CCC3CCCCC3C2)c(OCC(F)(F)F)n1. The van der Waals surface area contributed by atoms with Gasteiger partial charge >= 0.3 is 6.18 Å². The molecule has 3 rings (SSSR count). The molecular weight excluding hydrogens is 347 g/mol. The van der Waals surface area contributed by atoms with Crippen LogP contribution in [0.5, 0.6) is 5.88 Å². The van der Waals surface area contributed by atoms with E-state index in [1.165, 1.54) is 19.3 Å². The van der Waals surface area contributed by atoms with Crippen molar-refractivity contribution in [3.8, 4) is 5.88 Å². The number of oxime groups is 1. The van der Waals surface area contributed by atoms with Gasteiger partial charge in [-0.15, -0.1) is 0 Å². The number of rotatable bonds is 3. The van der Waals surface area contributed by atoms with Gasteiger partial charge in [-0.25, -0.2) is 4.98 Å². The lowest BCUT2D eigenvalue weighted by molar-refractivity contribution is -0.154. The normalized spacial score (nSPS) is 24.3. The molecule has 2 fully saturated rings. The highest BCUT2D eigenvalue weighted by Gasteiger charge is 2.34. The number of ether oxygens (including phenoxy) is 1. The number of likely N-dealkylation sites (tertiary alicyclic amines) is 1. The van der Waals surface area contributed by atoms with Crippen molar-refractivity contribution < 1.29 is 23.1 Å². The highest BCUT2D eigenvalue weighted by atomic mass is 19.4. The third-order valence-corrected chi connectivity index (χ3v) is 5.30. The van der Waals surface area contributed by atoms with Gasteiger partial charge in [0.25, 0.3) is 0 Å². The van der Waals surface area contributed by atoms with E-state index < -0.39 is 12.8 Å². The molecule has 1 aliphatic heterocycles. The third-order valence-electron chi connectivity index (χ3n) is 5.30. The molecule has 0 radical (unpaired) electrons. The highest BCUT2D eigenvalue weighted by Crippen LogP contribution is 2.37. The summed E-state index contributed by atoms with van der Waals surface area (Å²) >= 11 is 0. The minimum absolute atomic E-state index is 0.152. The Morgan fingerprint density at radius 1 is 1.27 bits per heavy atom. The van der Waals surface area contributed by atoms with Crippen molar-refractivity contribution in [2.45, 2.75) is 45.2 Å². The topological polar surface area (TPSA) is 58.0 Å². The summed E-state index contributed by atoms with van der Waals surface area (Å²) in [6, 6.07) is 3.28. The molecule has 1 aromatic heterocycles. The molecule has 0 spiro atoms. The highest BCUT2D eigenvalue weighted by molar-refractivity contribution is 6.00. The molecule has 2 aliphatic rings. The smallest absolute Gasteiger partial charge is 0.422 e. The summed E-state index contributed by atoms with van der Waals surface area (Å²) < 4.78 is 42.6. The lowest BCUT2D eigenvalue weighted by Crippen LogP contribution is -2.45. The standard InChI is InChI=1S/C18H24F3N3O2/c1-12-6-7-15(17(22-12)26-11-18(19,20)21)16(23-25)24-9-8-13-4-2-3-5-14(13)10-24/h6-7,13-14,25H,2-5,8-11H2,1H3/b23-16-. The zero-order chi connectivity index (χ0) is 18.7. The van der Waals surface area contributed by atoms with Crippen LogP contribution >= 0.6 is 0 Å². The largest absolute Gasteiger partial charge is 0.467 e. The predicted molar refractivity (Wildman–Crippen MR) is 90.5 cm³/mol. The van der Waals surface area contributed by atoms with Gasteiger partial charge in [-0.05, 0) is 43.7 Å². The van der Waals surface area contributed by atoms with E-state index >= 15 is 0 Å². The van der Waals surface area contributed by atoms with Gasteiger partial charge in [-0.2, -0.15) is 13.2 Å². The molecule has 2 unspecified atom stereocenters. The molecule has 1 aliphatic carbocycles. The minimum atomic E-state index is -4.46. The van der Waals surface area contributed by atoms with Crippen LogP contribution in [0.4, 0.5) is 13.2 Å². The van der Waals surface area contributed by atoms with Crippen molar-refractivity contribution in [2.24, 2.45) is 17.0 Å². The van der Waals surface area contributed by atoms with E-state index in [0.717, 1.165) is 19.4 Å². The molecule has 1 N–H and O–H groups in total. The molecule has 26 heavy (non-hydrogen) atoms. The van der Waals surface area contributed by atoms with Crippen LogP contribution < -0.4 is 4.74 Å². The number of nitrogens with zero attached hydrogens (tertiary/aromatic N) is 3. The number of fused-ring (bicyclic) bond motifs is 1. The number of pyridine rings is 1. The van der Waals surface area contributed by atoms with E-state index in [1.807, 2.05) is 4.90 Å². The first kappa shape index (κ1) is 18.8. The molecule has 5 nitrogen and oxygen atoms in total. The van der Waals surface area contributed by atoms with Gasteiger partial charge in [-0.1, -0.05) is 24.4 Å².